The van der Waals surface area contributed by atoms with Crippen LogP contribution < -0.4 is 4.74 Å². The number of aliphatic carboxylic acids is 2. The fourth-order valence-electron chi connectivity index (χ4n) is 2.43. The Morgan fingerprint density at radius 3 is 2.12 bits per heavy atom. The lowest BCUT2D eigenvalue weighted by Crippen LogP contribution is -2.22. The number of hydrogen-bond acceptors (Lipinski definition) is 5. The summed E-state index contributed by atoms with van der Waals surface area (Å²) < 4.78 is 5.11. The van der Waals surface area contributed by atoms with Gasteiger partial charge in [0.05, 0.1) is 17.6 Å². The number of hydrogen-bond donors (Lipinski definition) is 2. The van der Waals surface area contributed by atoms with Crippen LogP contribution in [0, 0.1) is 10.1 Å². The fourth-order valence-corrected chi connectivity index (χ4v) is 2.43. The summed E-state index contributed by atoms with van der Waals surface area (Å²) in [6, 6.07) is 11.2. The number of benzene rings is 2. The van der Waals surface area contributed by atoms with E-state index in [1.807, 2.05) is 0 Å². The van der Waals surface area contributed by atoms with Crippen LogP contribution in [0.1, 0.15) is 11.5 Å². The molecule has 2 aromatic carbocycles. The zero-order valence-corrected chi connectivity index (χ0v) is 12.5. The third kappa shape index (κ3) is 3.02. The number of rotatable bonds is 6. The smallest absolute Gasteiger partial charge is 0.322 e. The molecular formula is C16H13NO7. The molecule has 8 heteroatoms. The van der Waals surface area contributed by atoms with Crippen LogP contribution in [0.5, 0.6) is 5.75 Å². The maximum absolute atomic E-state index is 11.5. The summed E-state index contributed by atoms with van der Waals surface area (Å²) in [4.78, 5) is 33.1. The third-order valence-corrected chi connectivity index (χ3v) is 3.44. The summed E-state index contributed by atoms with van der Waals surface area (Å²) in [5, 5.41) is 29.7. The molecule has 2 rings (SSSR count). The normalized spacial score (nSPS) is 10.4. The van der Waals surface area contributed by atoms with Gasteiger partial charge in [0, 0.05) is 5.56 Å². The number of ether oxygens (including phenoxy) is 1. The molecule has 0 aliphatic carbocycles. The molecule has 2 aromatic rings. The van der Waals surface area contributed by atoms with E-state index in [2.05, 4.69) is 0 Å². The van der Waals surface area contributed by atoms with Crippen LogP contribution in [0.3, 0.4) is 0 Å². The number of nitrogens with zero attached hydrogens (tertiary/aromatic N) is 1. The second-order valence-electron chi connectivity index (χ2n) is 4.82. The van der Waals surface area contributed by atoms with E-state index in [9.17, 15) is 19.7 Å². The number of carboxylic acid groups (broad SMARTS) is 2. The van der Waals surface area contributed by atoms with E-state index >= 15 is 0 Å². The van der Waals surface area contributed by atoms with Gasteiger partial charge in [-0.3, -0.25) is 19.7 Å². The van der Waals surface area contributed by atoms with Crippen molar-refractivity contribution < 1.29 is 29.5 Å². The maximum atomic E-state index is 11.5. The molecule has 0 heterocycles. The topological polar surface area (TPSA) is 127 Å². The molecule has 0 aromatic heterocycles. The molecule has 24 heavy (non-hydrogen) atoms. The fraction of sp³-hybridized carbons (Fsp3) is 0.125. The van der Waals surface area contributed by atoms with Crippen molar-refractivity contribution in [3.05, 3.63) is 58.1 Å². The molecule has 0 fully saturated rings. The molecule has 2 N–H and O–H groups in total. The summed E-state index contributed by atoms with van der Waals surface area (Å²) in [5.41, 5.74) is -0.139. The molecule has 0 bridgehead atoms. The first-order chi connectivity index (χ1) is 11.4. The van der Waals surface area contributed by atoms with Crippen molar-refractivity contribution in [3.63, 3.8) is 0 Å². The SMILES string of the molecule is COc1c(-c2ccccc2)ccc(C(C(=O)O)C(=O)O)c1[N+](=O)[O-]. The Morgan fingerprint density at radius 2 is 1.67 bits per heavy atom. The maximum Gasteiger partial charge on any atom is 0.322 e. The van der Waals surface area contributed by atoms with Crippen LogP contribution in [-0.2, 0) is 9.59 Å². The molecule has 0 spiro atoms. The van der Waals surface area contributed by atoms with Crippen molar-refractivity contribution in [2.45, 2.75) is 5.92 Å². The van der Waals surface area contributed by atoms with Crippen molar-refractivity contribution in [1.82, 2.24) is 0 Å². The highest BCUT2D eigenvalue weighted by molar-refractivity contribution is 6.00. The number of carboxylic acids is 2. The molecule has 0 amide bonds. The lowest BCUT2D eigenvalue weighted by atomic mass is 9.93. The Bertz CT molecular complexity index is 788. The second kappa shape index (κ2) is 6.78. The molecular weight excluding hydrogens is 318 g/mol. The molecule has 0 unspecified atom stereocenters. The van der Waals surface area contributed by atoms with Crippen molar-refractivity contribution in [2.75, 3.05) is 7.11 Å². The van der Waals surface area contributed by atoms with E-state index < -0.39 is 34.0 Å². The van der Waals surface area contributed by atoms with Gasteiger partial charge in [-0.15, -0.1) is 0 Å². The quantitative estimate of drug-likeness (QED) is 0.473. The standard InChI is InChI=1S/C16H13NO7/c1-24-14-10(9-5-3-2-4-6-9)7-8-11(13(14)17(22)23)12(15(18)19)16(20)21/h2-8,12H,1H3,(H,18,19)(H,20,21). The molecule has 8 nitrogen and oxygen atoms in total. The van der Waals surface area contributed by atoms with Crippen LogP contribution in [0.25, 0.3) is 11.1 Å². The van der Waals surface area contributed by atoms with Gasteiger partial charge >= 0.3 is 17.6 Å². The molecule has 0 saturated carbocycles. The Morgan fingerprint density at radius 1 is 1.08 bits per heavy atom. The molecule has 0 atom stereocenters. The molecule has 0 radical (unpaired) electrons. The van der Waals surface area contributed by atoms with E-state index in [4.69, 9.17) is 14.9 Å². The predicted octanol–water partition coefficient (Wildman–Crippen LogP) is 2.52. The number of nitro benzene ring substituents is 1. The number of methoxy groups -OCH3 is 1. The van der Waals surface area contributed by atoms with Gasteiger partial charge in [-0.05, 0) is 17.7 Å². The van der Waals surface area contributed by atoms with Gasteiger partial charge in [-0.2, -0.15) is 0 Å². The van der Waals surface area contributed by atoms with E-state index in [-0.39, 0.29) is 5.75 Å². The first-order valence-electron chi connectivity index (χ1n) is 6.74. The molecule has 124 valence electrons. The molecule has 0 aliphatic rings. The van der Waals surface area contributed by atoms with Crippen LogP contribution >= 0.6 is 0 Å². The van der Waals surface area contributed by atoms with Gasteiger partial charge in [0.2, 0.25) is 5.75 Å². The molecule has 0 saturated heterocycles. The molecule has 0 aliphatic heterocycles. The van der Waals surface area contributed by atoms with Crippen LogP contribution in [0.15, 0.2) is 42.5 Å². The monoisotopic (exact) mass is 331 g/mol. The zero-order valence-electron chi connectivity index (χ0n) is 12.5. The van der Waals surface area contributed by atoms with Crippen LogP contribution in [-0.4, -0.2) is 34.2 Å². The highest BCUT2D eigenvalue weighted by Crippen LogP contribution is 2.42. The van der Waals surface area contributed by atoms with Crippen molar-refractivity contribution >= 4 is 17.6 Å². The summed E-state index contributed by atoms with van der Waals surface area (Å²) in [6.45, 7) is 0. The van der Waals surface area contributed by atoms with Crippen molar-refractivity contribution in [1.29, 1.82) is 0 Å². The summed E-state index contributed by atoms with van der Waals surface area (Å²) in [7, 11) is 1.20. The Labute approximate surface area is 136 Å². The van der Waals surface area contributed by atoms with Crippen molar-refractivity contribution in [2.24, 2.45) is 0 Å². The van der Waals surface area contributed by atoms with Gasteiger partial charge < -0.3 is 14.9 Å². The Hall–Kier alpha value is -3.42. The number of nitro groups is 1. The van der Waals surface area contributed by atoms with Crippen LogP contribution in [0.4, 0.5) is 5.69 Å². The van der Waals surface area contributed by atoms with Crippen LogP contribution in [0.2, 0.25) is 0 Å². The summed E-state index contributed by atoms with van der Waals surface area (Å²) in [6.07, 6.45) is 0. The van der Waals surface area contributed by atoms with Gasteiger partial charge in [-0.1, -0.05) is 30.3 Å². The Balaban J connectivity index is 2.79. The first kappa shape index (κ1) is 16.9. The summed E-state index contributed by atoms with van der Waals surface area (Å²) in [5.74, 6) is -5.64. The van der Waals surface area contributed by atoms with Gasteiger partial charge in [0.25, 0.3) is 0 Å². The minimum Gasteiger partial charge on any atom is -0.490 e. The highest BCUT2D eigenvalue weighted by Gasteiger charge is 2.37. The van der Waals surface area contributed by atoms with Gasteiger partial charge in [0.15, 0.2) is 5.92 Å². The largest absolute Gasteiger partial charge is 0.490 e. The van der Waals surface area contributed by atoms with E-state index in [1.165, 1.54) is 13.2 Å². The third-order valence-electron chi connectivity index (χ3n) is 3.44. The van der Waals surface area contributed by atoms with E-state index in [0.29, 0.717) is 11.1 Å². The van der Waals surface area contributed by atoms with Crippen molar-refractivity contribution in [3.8, 4) is 16.9 Å². The predicted molar refractivity (Wildman–Crippen MR) is 83.1 cm³/mol. The van der Waals surface area contributed by atoms with E-state index in [1.54, 1.807) is 30.3 Å². The summed E-state index contributed by atoms with van der Waals surface area (Å²) >= 11 is 0. The Kier molecular flexibility index (Phi) is 4.78. The van der Waals surface area contributed by atoms with Gasteiger partial charge in [0.1, 0.15) is 0 Å². The highest BCUT2D eigenvalue weighted by atomic mass is 16.6. The number of carbonyl (C=O) groups is 2. The first-order valence-corrected chi connectivity index (χ1v) is 6.74. The zero-order chi connectivity index (χ0) is 17.9. The average molecular weight is 331 g/mol. The van der Waals surface area contributed by atoms with E-state index in [0.717, 1.165) is 6.07 Å². The second-order valence-corrected chi connectivity index (χ2v) is 4.82. The minimum atomic E-state index is -2.07. The average Bonchev–Trinajstić information content (AvgIpc) is 2.54. The lowest BCUT2D eigenvalue weighted by molar-refractivity contribution is -0.386. The lowest BCUT2D eigenvalue weighted by Gasteiger charge is -2.14. The minimum absolute atomic E-state index is 0.184. The van der Waals surface area contributed by atoms with Gasteiger partial charge in [-0.25, -0.2) is 0 Å².